The van der Waals surface area contributed by atoms with Gasteiger partial charge in [0, 0.05) is 5.92 Å². The van der Waals surface area contributed by atoms with Crippen molar-refractivity contribution in [2.75, 3.05) is 5.73 Å². The molecule has 27 heavy (non-hydrogen) atoms. The number of rotatable bonds is 4. The average molecular weight is 368 g/mol. The Bertz CT molecular complexity index is 705. The van der Waals surface area contributed by atoms with Crippen LogP contribution in [0.2, 0.25) is 0 Å². The van der Waals surface area contributed by atoms with E-state index in [9.17, 15) is 0 Å². The van der Waals surface area contributed by atoms with Crippen LogP contribution in [0.25, 0.3) is 0 Å². The van der Waals surface area contributed by atoms with E-state index in [2.05, 4.69) is 47.5 Å². The van der Waals surface area contributed by atoms with E-state index in [1.54, 1.807) is 5.56 Å². The number of benzene rings is 1. The molecule has 3 atom stereocenters. The average Bonchev–Trinajstić information content (AvgIpc) is 3.00. The van der Waals surface area contributed by atoms with Gasteiger partial charge >= 0.3 is 6.01 Å². The number of nitrogens with two attached hydrogens (primary N) is 1. The summed E-state index contributed by atoms with van der Waals surface area (Å²) in [6.45, 7) is 2.52. The fourth-order valence-electron chi connectivity index (χ4n) is 5.60. The molecular formula is C23H33N3O. The molecule has 4 rings (SSSR count). The highest BCUT2D eigenvalue weighted by Gasteiger charge is 2.32. The first-order valence-corrected chi connectivity index (χ1v) is 10.8. The van der Waals surface area contributed by atoms with E-state index in [0.29, 0.717) is 5.92 Å². The molecule has 146 valence electrons. The lowest BCUT2D eigenvalue weighted by Gasteiger charge is -2.36. The molecule has 4 nitrogen and oxygen atoms in total. The van der Waals surface area contributed by atoms with Gasteiger partial charge in [0.15, 0.2) is 0 Å². The molecule has 3 unspecified atom stereocenters. The zero-order chi connectivity index (χ0) is 18.6. The Balaban J connectivity index is 1.30. The first-order valence-electron chi connectivity index (χ1n) is 10.8. The highest BCUT2D eigenvalue weighted by atomic mass is 16.4. The normalized spacial score (nSPS) is 30.6. The molecule has 0 radical (unpaired) electrons. The molecule has 0 spiro atoms. The molecule has 2 fully saturated rings. The van der Waals surface area contributed by atoms with Gasteiger partial charge in [-0.25, -0.2) is 0 Å². The van der Waals surface area contributed by atoms with Crippen molar-refractivity contribution in [3.05, 3.63) is 41.8 Å². The second-order valence-electron chi connectivity index (χ2n) is 8.83. The molecule has 0 aliphatic heterocycles. The maximum absolute atomic E-state index is 5.61. The minimum absolute atomic E-state index is 0.203. The van der Waals surface area contributed by atoms with Crippen LogP contribution in [0.4, 0.5) is 6.01 Å². The Hall–Kier alpha value is -1.84. The summed E-state index contributed by atoms with van der Waals surface area (Å²) in [5.74, 6) is 4.49. The third kappa shape index (κ3) is 4.36. The Labute approximate surface area is 162 Å². The summed E-state index contributed by atoms with van der Waals surface area (Å²) in [5.41, 5.74) is 7.15. The summed E-state index contributed by atoms with van der Waals surface area (Å²) in [4.78, 5) is 0. The van der Waals surface area contributed by atoms with Crippen molar-refractivity contribution in [2.24, 2.45) is 17.8 Å². The monoisotopic (exact) mass is 367 g/mol. The van der Waals surface area contributed by atoms with Gasteiger partial charge in [0.2, 0.25) is 5.89 Å². The smallest absolute Gasteiger partial charge is 0.312 e. The molecule has 0 saturated heterocycles. The largest absolute Gasteiger partial charge is 0.408 e. The first-order chi connectivity index (χ1) is 13.2. The predicted octanol–water partition coefficient (Wildman–Crippen LogP) is 5.93. The lowest BCUT2D eigenvalue weighted by molar-refractivity contribution is 0.170. The minimum atomic E-state index is 0.203. The van der Waals surface area contributed by atoms with Gasteiger partial charge in [0.25, 0.3) is 0 Å². The molecule has 2 N–H and O–H groups in total. The fourth-order valence-corrected chi connectivity index (χ4v) is 5.60. The van der Waals surface area contributed by atoms with Gasteiger partial charge in [-0.2, -0.15) is 0 Å². The topological polar surface area (TPSA) is 64.9 Å². The van der Waals surface area contributed by atoms with Crippen molar-refractivity contribution in [3.8, 4) is 0 Å². The molecule has 0 bridgehead atoms. The standard InChI is InChI=1S/C23H33N3O/c1-16(18-10-13-20(14-11-18)19-6-3-2-4-7-19)17-8-5-9-21(15-12-17)22-25-26-23(24)27-22/h2-4,6-7,16-18,20-21H,5,8-15H2,1H3,(H2,24,26). The van der Waals surface area contributed by atoms with Crippen LogP contribution in [-0.2, 0) is 0 Å². The highest BCUT2D eigenvalue weighted by Crippen LogP contribution is 2.44. The van der Waals surface area contributed by atoms with Crippen LogP contribution in [0.5, 0.6) is 0 Å². The number of anilines is 1. The van der Waals surface area contributed by atoms with E-state index in [4.69, 9.17) is 10.2 Å². The van der Waals surface area contributed by atoms with Crippen molar-refractivity contribution in [1.82, 2.24) is 10.2 Å². The molecule has 1 aromatic carbocycles. The van der Waals surface area contributed by atoms with Crippen LogP contribution in [0.15, 0.2) is 34.7 Å². The maximum atomic E-state index is 5.61. The van der Waals surface area contributed by atoms with Crippen molar-refractivity contribution in [2.45, 2.75) is 76.5 Å². The molecule has 2 aliphatic carbocycles. The van der Waals surface area contributed by atoms with Gasteiger partial charge in [-0.1, -0.05) is 55.2 Å². The summed E-state index contributed by atoms with van der Waals surface area (Å²) in [7, 11) is 0. The zero-order valence-corrected chi connectivity index (χ0v) is 16.5. The molecule has 2 aliphatic rings. The molecule has 1 heterocycles. The minimum Gasteiger partial charge on any atom is -0.408 e. The van der Waals surface area contributed by atoms with Crippen molar-refractivity contribution in [1.29, 1.82) is 0 Å². The Morgan fingerprint density at radius 2 is 1.52 bits per heavy atom. The van der Waals surface area contributed by atoms with Gasteiger partial charge in [-0.15, -0.1) is 5.10 Å². The second-order valence-corrected chi connectivity index (χ2v) is 8.83. The Morgan fingerprint density at radius 3 is 2.19 bits per heavy atom. The summed E-state index contributed by atoms with van der Waals surface area (Å²) in [5, 5.41) is 7.98. The summed E-state index contributed by atoms with van der Waals surface area (Å²) >= 11 is 0. The van der Waals surface area contributed by atoms with Gasteiger partial charge in [0.1, 0.15) is 0 Å². The van der Waals surface area contributed by atoms with E-state index in [0.717, 1.165) is 42.4 Å². The van der Waals surface area contributed by atoms with E-state index in [-0.39, 0.29) is 6.01 Å². The molecule has 1 aromatic heterocycles. The lowest BCUT2D eigenvalue weighted by atomic mass is 9.69. The SMILES string of the molecule is CC(C1CCC(c2ccccc2)CC1)C1CCCC(c2nnc(N)o2)CC1. The van der Waals surface area contributed by atoms with Crippen LogP contribution in [0.1, 0.15) is 88.0 Å². The molecule has 2 saturated carbocycles. The van der Waals surface area contributed by atoms with Crippen LogP contribution >= 0.6 is 0 Å². The zero-order valence-electron chi connectivity index (χ0n) is 16.5. The number of hydrogen-bond acceptors (Lipinski definition) is 4. The Morgan fingerprint density at radius 1 is 0.852 bits per heavy atom. The lowest BCUT2D eigenvalue weighted by Crippen LogP contribution is -2.25. The molecule has 0 amide bonds. The van der Waals surface area contributed by atoms with Crippen LogP contribution < -0.4 is 5.73 Å². The second kappa shape index (κ2) is 8.45. The van der Waals surface area contributed by atoms with E-state index < -0.39 is 0 Å². The summed E-state index contributed by atoms with van der Waals surface area (Å²) in [6, 6.07) is 11.3. The quantitative estimate of drug-likeness (QED) is 0.681. The van der Waals surface area contributed by atoms with E-state index >= 15 is 0 Å². The third-order valence-electron chi connectivity index (χ3n) is 7.35. The third-order valence-corrected chi connectivity index (χ3v) is 7.35. The summed E-state index contributed by atoms with van der Waals surface area (Å²) < 4.78 is 5.50. The van der Waals surface area contributed by atoms with Crippen LogP contribution in [0.3, 0.4) is 0 Å². The number of aromatic nitrogens is 2. The van der Waals surface area contributed by atoms with Gasteiger partial charge in [-0.3, -0.25) is 0 Å². The van der Waals surface area contributed by atoms with Crippen LogP contribution in [-0.4, -0.2) is 10.2 Å². The van der Waals surface area contributed by atoms with Gasteiger partial charge in [-0.05, 0) is 74.2 Å². The summed E-state index contributed by atoms with van der Waals surface area (Å²) in [6.07, 6.45) is 11.7. The number of nitrogen functional groups attached to an aromatic ring is 1. The Kier molecular flexibility index (Phi) is 5.80. The van der Waals surface area contributed by atoms with E-state index in [1.807, 2.05) is 0 Å². The predicted molar refractivity (Wildman–Crippen MR) is 108 cm³/mol. The van der Waals surface area contributed by atoms with Crippen molar-refractivity contribution >= 4 is 6.01 Å². The molecule has 4 heteroatoms. The van der Waals surface area contributed by atoms with Crippen molar-refractivity contribution < 1.29 is 4.42 Å². The van der Waals surface area contributed by atoms with Crippen molar-refractivity contribution in [3.63, 3.8) is 0 Å². The molecule has 2 aromatic rings. The van der Waals surface area contributed by atoms with E-state index in [1.165, 1.54) is 44.9 Å². The number of nitrogens with zero attached hydrogens (tertiary/aromatic N) is 2. The maximum Gasteiger partial charge on any atom is 0.312 e. The molecular weight excluding hydrogens is 334 g/mol. The van der Waals surface area contributed by atoms with Gasteiger partial charge < -0.3 is 10.2 Å². The highest BCUT2D eigenvalue weighted by molar-refractivity contribution is 5.20. The first kappa shape index (κ1) is 18.5. The number of hydrogen-bond donors (Lipinski definition) is 1. The van der Waals surface area contributed by atoms with Crippen LogP contribution in [0, 0.1) is 17.8 Å². The van der Waals surface area contributed by atoms with Gasteiger partial charge in [0.05, 0.1) is 0 Å². The fraction of sp³-hybridized carbons (Fsp3) is 0.652.